The maximum atomic E-state index is 12.3. The fourth-order valence-corrected chi connectivity index (χ4v) is 2.94. The smallest absolute Gasteiger partial charge is 0.251 e. The third-order valence-electron chi connectivity index (χ3n) is 3.84. The van der Waals surface area contributed by atoms with Crippen LogP contribution in [0.15, 0.2) is 0 Å². The van der Waals surface area contributed by atoms with E-state index in [1.54, 1.807) is 0 Å². The van der Waals surface area contributed by atoms with Crippen molar-refractivity contribution >= 4 is 5.91 Å². The van der Waals surface area contributed by atoms with Crippen LogP contribution in [0.4, 0.5) is 0 Å². The van der Waals surface area contributed by atoms with Crippen LogP contribution in [0.1, 0.15) is 51.9 Å². The van der Waals surface area contributed by atoms with Crippen molar-refractivity contribution in [2.24, 2.45) is 0 Å². The van der Waals surface area contributed by atoms with Gasteiger partial charge in [-0.05, 0) is 32.6 Å². The van der Waals surface area contributed by atoms with E-state index in [0.717, 1.165) is 26.0 Å². The molecule has 1 aliphatic heterocycles. The Bertz CT molecular complexity index is 230. The topological polar surface area (TPSA) is 29.5 Å². The van der Waals surface area contributed by atoms with E-state index in [9.17, 15) is 4.79 Å². The SMILES string of the molecule is CCN(C(=O)C1CCCO1)C1CCCCC1. The van der Waals surface area contributed by atoms with E-state index in [1.807, 2.05) is 0 Å². The fraction of sp³-hybridized carbons (Fsp3) is 0.923. The van der Waals surface area contributed by atoms with Gasteiger partial charge in [0.05, 0.1) is 0 Å². The van der Waals surface area contributed by atoms with Crippen LogP contribution in [-0.2, 0) is 9.53 Å². The summed E-state index contributed by atoms with van der Waals surface area (Å²) in [6.07, 6.45) is 8.09. The van der Waals surface area contributed by atoms with Gasteiger partial charge in [0.1, 0.15) is 6.10 Å². The molecule has 0 aromatic carbocycles. The van der Waals surface area contributed by atoms with Gasteiger partial charge in [0.2, 0.25) is 0 Å². The van der Waals surface area contributed by atoms with Crippen molar-refractivity contribution in [2.45, 2.75) is 64.0 Å². The highest BCUT2D eigenvalue weighted by atomic mass is 16.5. The second kappa shape index (κ2) is 5.67. The zero-order valence-electron chi connectivity index (χ0n) is 10.3. The highest BCUT2D eigenvalue weighted by Crippen LogP contribution is 2.24. The average Bonchev–Trinajstić information content (AvgIpc) is 2.85. The molecule has 0 aromatic rings. The van der Waals surface area contributed by atoms with Crippen molar-refractivity contribution in [1.82, 2.24) is 4.90 Å². The van der Waals surface area contributed by atoms with Gasteiger partial charge < -0.3 is 9.64 Å². The van der Waals surface area contributed by atoms with Crippen LogP contribution in [-0.4, -0.2) is 36.1 Å². The zero-order valence-corrected chi connectivity index (χ0v) is 10.3. The second-order valence-electron chi connectivity index (χ2n) is 4.92. The number of likely N-dealkylation sites (N-methyl/N-ethyl adjacent to an activating group) is 1. The predicted molar refractivity (Wildman–Crippen MR) is 63.2 cm³/mol. The average molecular weight is 225 g/mol. The molecule has 16 heavy (non-hydrogen) atoms. The van der Waals surface area contributed by atoms with E-state index in [2.05, 4.69) is 11.8 Å². The van der Waals surface area contributed by atoms with Crippen LogP contribution in [0.5, 0.6) is 0 Å². The van der Waals surface area contributed by atoms with E-state index in [4.69, 9.17) is 4.74 Å². The van der Waals surface area contributed by atoms with Gasteiger partial charge in [0.25, 0.3) is 5.91 Å². The minimum Gasteiger partial charge on any atom is -0.368 e. The van der Waals surface area contributed by atoms with Gasteiger partial charge in [-0.2, -0.15) is 0 Å². The van der Waals surface area contributed by atoms with Crippen LogP contribution in [0, 0.1) is 0 Å². The van der Waals surface area contributed by atoms with Crippen molar-refractivity contribution in [3.05, 3.63) is 0 Å². The molecular weight excluding hydrogens is 202 g/mol. The van der Waals surface area contributed by atoms with Crippen molar-refractivity contribution in [2.75, 3.05) is 13.2 Å². The third kappa shape index (κ3) is 2.57. The Kier molecular flexibility index (Phi) is 4.22. The number of hydrogen-bond donors (Lipinski definition) is 0. The van der Waals surface area contributed by atoms with Crippen molar-refractivity contribution in [3.8, 4) is 0 Å². The lowest BCUT2D eigenvalue weighted by molar-refractivity contribution is -0.143. The van der Waals surface area contributed by atoms with Crippen LogP contribution in [0.3, 0.4) is 0 Å². The molecule has 1 saturated carbocycles. The maximum Gasteiger partial charge on any atom is 0.251 e. The summed E-state index contributed by atoms with van der Waals surface area (Å²) >= 11 is 0. The molecule has 1 atom stereocenters. The molecule has 3 nitrogen and oxygen atoms in total. The minimum atomic E-state index is -0.137. The van der Waals surface area contributed by atoms with Crippen LogP contribution >= 0.6 is 0 Å². The Morgan fingerprint density at radius 1 is 1.19 bits per heavy atom. The van der Waals surface area contributed by atoms with E-state index in [1.165, 1.54) is 32.1 Å². The van der Waals surface area contributed by atoms with Crippen molar-refractivity contribution < 1.29 is 9.53 Å². The number of hydrogen-bond acceptors (Lipinski definition) is 2. The molecule has 2 rings (SSSR count). The summed E-state index contributed by atoms with van der Waals surface area (Å²) in [6, 6.07) is 0.482. The van der Waals surface area contributed by atoms with Gasteiger partial charge in [-0.15, -0.1) is 0 Å². The summed E-state index contributed by atoms with van der Waals surface area (Å²) in [5.41, 5.74) is 0. The lowest BCUT2D eigenvalue weighted by Gasteiger charge is -2.34. The van der Waals surface area contributed by atoms with Crippen molar-refractivity contribution in [1.29, 1.82) is 0 Å². The van der Waals surface area contributed by atoms with Crippen LogP contribution in [0.2, 0.25) is 0 Å². The van der Waals surface area contributed by atoms with Crippen molar-refractivity contribution in [3.63, 3.8) is 0 Å². The molecule has 1 unspecified atom stereocenters. The third-order valence-corrected chi connectivity index (χ3v) is 3.84. The summed E-state index contributed by atoms with van der Waals surface area (Å²) < 4.78 is 5.50. The molecule has 1 amide bonds. The Labute approximate surface area is 98.1 Å². The number of amides is 1. The molecule has 0 spiro atoms. The van der Waals surface area contributed by atoms with E-state index in [0.29, 0.717) is 6.04 Å². The van der Waals surface area contributed by atoms with E-state index >= 15 is 0 Å². The standard InChI is InChI=1S/C13H23NO2/c1-2-14(11-7-4-3-5-8-11)13(15)12-9-6-10-16-12/h11-12H,2-10H2,1H3. The summed E-state index contributed by atoms with van der Waals surface area (Å²) in [5, 5.41) is 0. The normalized spacial score (nSPS) is 26.9. The molecule has 0 radical (unpaired) electrons. The molecule has 3 heteroatoms. The molecule has 1 saturated heterocycles. The van der Waals surface area contributed by atoms with Gasteiger partial charge in [0.15, 0.2) is 0 Å². The fourth-order valence-electron chi connectivity index (χ4n) is 2.94. The minimum absolute atomic E-state index is 0.137. The first-order valence-electron chi connectivity index (χ1n) is 6.75. The van der Waals surface area contributed by atoms with Gasteiger partial charge >= 0.3 is 0 Å². The number of nitrogens with zero attached hydrogens (tertiary/aromatic N) is 1. The molecule has 0 bridgehead atoms. The Morgan fingerprint density at radius 3 is 2.50 bits per heavy atom. The molecular formula is C13H23NO2. The van der Waals surface area contributed by atoms with Gasteiger partial charge in [0, 0.05) is 19.2 Å². The Balaban J connectivity index is 1.94. The monoisotopic (exact) mass is 225 g/mol. The summed E-state index contributed by atoms with van der Waals surface area (Å²) in [5.74, 6) is 0.243. The van der Waals surface area contributed by atoms with E-state index in [-0.39, 0.29) is 12.0 Å². The first kappa shape index (κ1) is 11.9. The molecule has 0 aromatic heterocycles. The van der Waals surface area contributed by atoms with Gasteiger partial charge in [-0.25, -0.2) is 0 Å². The lowest BCUT2D eigenvalue weighted by atomic mass is 9.93. The van der Waals surface area contributed by atoms with E-state index < -0.39 is 0 Å². The Hall–Kier alpha value is -0.570. The molecule has 1 aliphatic carbocycles. The number of carbonyl (C=O) groups is 1. The zero-order chi connectivity index (χ0) is 11.4. The number of ether oxygens (including phenoxy) is 1. The quantitative estimate of drug-likeness (QED) is 0.738. The van der Waals surface area contributed by atoms with Crippen LogP contribution < -0.4 is 0 Å². The maximum absolute atomic E-state index is 12.3. The second-order valence-corrected chi connectivity index (χ2v) is 4.92. The molecule has 1 heterocycles. The van der Waals surface area contributed by atoms with Gasteiger partial charge in [-0.3, -0.25) is 4.79 Å². The highest BCUT2D eigenvalue weighted by Gasteiger charge is 2.31. The Morgan fingerprint density at radius 2 is 1.94 bits per heavy atom. The molecule has 2 fully saturated rings. The largest absolute Gasteiger partial charge is 0.368 e. The molecule has 0 N–H and O–H groups in total. The highest BCUT2D eigenvalue weighted by molar-refractivity contribution is 5.81. The number of carbonyl (C=O) groups excluding carboxylic acids is 1. The van der Waals surface area contributed by atoms with Gasteiger partial charge in [-0.1, -0.05) is 19.3 Å². The summed E-state index contributed by atoms with van der Waals surface area (Å²) in [4.78, 5) is 14.3. The lowest BCUT2D eigenvalue weighted by Crippen LogP contribution is -2.46. The van der Waals surface area contributed by atoms with Crippen LogP contribution in [0.25, 0.3) is 0 Å². The first-order chi connectivity index (χ1) is 7.83. The molecule has 2 aliphatic rings. The summed E-state index contributed by atoms with van der Waals surface area (Å²) in [7, 11) is 0. The summed E-state index contributed by atoms with van der Waals surface area (Å²) in [6.45, 7) is 3.68. The molecule has 92 valence electrons. The predicted octanol–water partition coefficient (Wildman–Crippen LogP) is 2.35. The first-order valence-corrected chi connectivity index (χ1v) is 6.75. The number of rotatable bonds is 3.